The normalized spacial score (nSPS) is 13.9. The van der Waals surface area contributed by atoms with Crippen LogP contribution in [0.4, 0.5) is 5.69 Å². The van der Waals surface area contributed by atoms with E-state index >= 15 is 0 Å². The van der Waals surface area contributed by atoms with Gasteiger partial charge in [0.2, 0.25) is 15.9 Å². The Bertz CT molecular complexity index is 1490. The molecule has 2 aromatic carbocycles. The summed E-state index contributed by atoms with van der Waals surface area (Å²) >= 11 is 0. The zero-order valence-electron chi connectivity index (χ0n) is 19.0. The molecule has 1 amide bonds. The number of anilines is 1. The number of aryl methyl sites for hydroxylation is 2. The number of amides is 1. The van der Waals surface area contributed by atoms with Gasteiger partial charge in [-0.05, 0) is 75.1 Å². The molecule has 0 unspecified atom stereocenters. The number of carbonyl (C=O) groups excluding carboxylic acids is 1. The van der Waals surface area contributed by atoms with E-state index in [4.69, 9.17) is 4.98 Å². The zero-order chi connectivity index (χ0) is 23.9. The van der Waals surface area contributed by atoms with Gasteiger partial charge in [-0.3, -0.25) is 15.6 Å². The highest BCUT2D eigenvalue weighted by atomic mass is 32.2. The third kappa shape index (κ3) is 4.46. The van der Waals surface area contributed by atoms with Gasteiger partial charge in [0.1, 0.15) is 0 Å². The summed E-state index contributed by atoms with van der Waals surface area (Å²) in [5.74, 6) is -0.184. The molecule has 34 heavy (non-hydrogen) atoms. The molecule has 0 spiro atoms. The Morgan fingerprint density at radius 2 is 1.82 bits per heavy atom. The first-order valence-electron chi connectivity index (χ1n) is 11.2. The molecule has 5 rings (SSSR count). The Hall–Kier alpha value is -3.50. The number of nitrogens with one attached hydrogen (secondary N) is 3. The number of benzene rings is 2. The van der Waals surface area contributed by atoms with Crippen LogP contribution in [-0.4, -0.2) is 35.0 Å². The van der Waals surface area contributed by atoms with Crippen LogP contribution in [0.15, 0.2) is 53.4 Å². The minimum atomic E-state index is -3.50. The molecule has 0 bridgehead atoms. The number of nitrogens with zero attached hydrogens (tertiary/aromatic N) is 3. The van der Waals surface area contributed by atoms with E-state index in [-0.39, 0.29) is 23.3 Å². The summed E-state index contributed by atoms with van der Waals surface area (Å²) in [4.78, 5) is 17.4. The lowest BCUT2D eigenvalue weighted by molar-refractivity contribution is -0.120. The second-order valence-corrected chi connectivity index (χ2v) is 10.3. The first-order valence-corrected chi connectivity index (χ1v) is 12.7. The molecule has 10 heteroatoms. The molecular weight excluding hydrogens is 452 g/mol. The zero-order valence-corrected chi connectivity index (χ0v) is 19.8. The quantitative estimate of drug-likeness (QED) is 0.335. The molecule has 0 radical (unpaired) electrons. The van der Waals surface area contributed by atoms with Crippen LogP contribution in [0.3, 0.4) is 0 Å². The second-order valence-electron chi connectivity index (χ2n) is 8.61. The van der Waals surface area contributed by atoms with Crippen molar-refractivity contribution in [2.75, 3.05) is 5.43 Å². The lowest BCUT2D eigenvalue weighted by Gasteiger charge is -2.12. The standard InChI is InChI=1S/C24H26N6O3S/c1-15-20(16(2)30-24(25-15)21-5-3-4-6-22(21)28-30)13-14-23(31)27-26-17-9-11-19(12-10-17)34(32,33)29-18-7-8-18/h3-6,9-12,18,26,29H,7-8,13-14H2,1-2H3,(H,27,31). The van der Waals surface area contributed by atoms with Crippen molar-refractivity contribution in [3.05, 3.63) is 65.5 Å². The molecule has 0 aliphatic heterocycles. The van der Waals surface area contributed by atoms with Crippen molar-refractivity contribution in [2.45, 2.75) is 50.5 Å². The van der Waals surface area contributed by atoms with Crippen molar-refractivity contribution in [1.29, 1.82) is 0 Å². The molecule has 4 aromatic rings. The van der Waals surface area contributed by atoms with Crippen molar-refractivity contribution in [3.63, 3.8) is 0 Å². The van der Waals surface area contributed by atoms with Crippen LogP contribution < -0.4 is 15.6 Å². The fourth-order valence-electron chi connectivity index (χ4n) is 3.99. The molecule has 1 saturated carbocycles. The third-order valence-corrected chi connectivity index (χ3v) is 7.57. The van der Waals surface area contributed by atoms with E-state index in [1.165, 1.54) is 12.1 Å². The summed E-state index contributed by atoms with van der Waals surface area (Å²) in [5.41, 5.74) is 10.7. The van der Waals surface area contributed by atoms with E-state index in [9.17, 15) is 13.2 Å². The number of hydrogen-bond donors (Lipinski definition) is 3. The second kappa shape index (κ2) is 8.69. The van der Waals surface area contributed by atoms with Gasteiger partial charge in [0.15, 0.2) is 5.65 Å². The van der Waals surface area contributed by atoms with Crippen molar-refractivity contribution < 1.29 is 13.2 Å². The average molecular weight is 479 g/mol. The maximum absolute atomic E-state index is 12.4. The van der Waals surface area contributed by atoms with Gasteiger partial charge >= 0.3 is 0 Å². The van der Waals surface area contributed by atoms with E-state index in [2.05, 4.69) is 20.7 Å². The van der Waals surface area contributed by atoms with E-state index in [0.29, 0.717) is 12.1 Å². The molecule has 1 aliphatic carbocycles. The molecule has 176 valence electrons. The minimum absolute atomic E-state index is 0.0534. The highest BCUT2D eigenvalue weighted by molar-refractivity contribution is 7.89. The molecule has 9 nitrogen and oxygen atoms in total. The first-order chi connectivity index (χ1) is 16.3. The SMILES string of the molecule is Cc1nc2c3ccccc3nn2c(C)c1CCC(=O)NNc1ccc(S(=O)(=O)NC2CC2)cc1. The van der Waals surface area contributed by atoms with E-state index < -0.39 is 10.0 Å². The number of hydrazine groups is 1. The summed E-state index contributed by atoms with van der Waals surface area (Å²) in [6, 6.07) is 14.2. The number of rotatable bonds is 8. The lowest BCUT2D eigenvalue weighted by Crippen LogP contribution is -2.30. The Kier molecular flexibility index (Phi) is 5.70. The predicted molar refractivity (Wildman–Crippen MR) is 130 cm³/mol. The van der Waals surface area contributed by atoms with Crippen LogP contribution in [0, 0.1) is 13.8 Å². The van der Waals surface area contributed by atoms with E-state index in [1.54, 1.807) is 12.1 Å². The smallest absolute Gasteiger partial charge is 0.240 e. The molecule has 1 fully saturated rings. The minimum Gasteiger partial charge on any atom is -0.299 e. The van der Waals surface area contributed by atoms with Gasteiger partial charge in [-0.25, -0.2) is 22.6 Å². The van der Waals surface area contributed by atoms with E-state index in [1.807, 2.05) is 42.6 Å². The Labute approximate surface area is 197 Å². The summed E-state index contributed by atoms with van der Waals surface area (Å²) in [5, 5.41) is 5.66. The van der Waals surface area contributed by atoms with Crippen LogP contribution in [0.5, 0.6) is 0 Å². The van der Waals surface area contributed by atoms with Crippen molar-refractivity contribution in [1.82, 2.24) is 24.7 Å². The Balaban J connectivity index is 1.21. The molecule has 0 atom stereocenters. The van der Waals surface area contributed by atoms with Crippen molar-refractivity contribution in [2.24, 2.45) is 0 Å². The molecule has 3 N–H and O–H groups in total. The summed E-state index contributed by atoms with van der Waals surface area (Å²) in [6.45, 7) is 3.95. The Morgan fingerprint density at radius 3 is 2.56 bits per heavy atom. The van der Waals surface area contributed by atoms with Crippen LogP contribution in [0.1, 0.15) is 36.2 Å². The van der Waals surface area contributed by atoms with Crippen LogP contribution in [0.25, 0.3) is 16.6 Å². The van der Waals surface area contributed by atoms with Crippen LogP contribution in [0.2, 0.25) is 0 Å². The summed E-state index contributed by atoms with van der Waals surface area (Å²) < 4.78 is 29.0. The van der Waals surface area contributed by atoms with Gasteiger partial charge in [0, 0.05) is 29.2 Å². The number of carbonyl (C=O) groups is 1. The molecule has 2 heterocycles. The van der Waals surface area contributed by atoms with Gasteiger partial charge in [0.05, 0.1) is 16.1 Å². The van der Waals surface area contributed by atoms with Gasteiger partial charge in [0.25, 0.3) is 0 Å². The van der Waals surface area contributed by atoms with Crippen LogP contribution in [-0.2, 0) is 21.2 Å². The molecule has 2 aromatic heterocycles. The van der Waals surface area contributed by atoms with Gasteiger partial charge in [-0.2, -0.15) is 5.10 Å². The summed E-state index contributed by atoms with van der Waals surface area (Å²) in [6.07, 6.45) is 2.55. The highest BCUT2D eigenvalue weighted by Crippen LogP contribution is 2.24. The predicted octanol–water partition coefficient (Wildman–Crippen LogP) is 3.02. The first kappa shape index (κ1) is 22.3. The van der Waals surface area contributed by atoms with Crippen LogP contribution >= 0.6 is 0 Å². The summed E-state index contributed by atoms with van der Waals surface area (Å²) in [7, 11) is -3.50. The Morgan fingerprint density at radius 1 is 1.09 bits per heavy atom. The molecule has 0 saturated heterocycles. The number of hydrogen-bond acceptors (Lipinski definition) is 6. The topological polar surface area (TPSA) is 117 Å². The molecular formula is C24H26N6O3S. The molecule has 1 aliphatic rings. The maximum atomic E-state index is 12.4. The fraction of sp³-hybridized carbons (Fsp3) is 0.292. The maximum Gasteiger partial charge on any atom is 0.240 e. The highest BCUT2D eigenvalue weighted by Gasteiger charge is 2.27. The van der Waals surface area contributed by atoms with Gasteiger partial charge < -0.3 is 0 Å². The third-order valence-electron chi connectivity index (χ3n) is 6.03. The van der Waals surface area contributed by atoms with Crippen molar-refractivity contribution in [3.8, 4) is 0 Å². The largest absolute Gasteiger partial charge is 0.299 e. The number of fused-ring (bicyclic) bond motifs is 3. The monoisotopic (exact) mass is 478 g/mol. The van der Waals surface area contributed by atoms with Gasteiger partial charge in [-0.1, -0.05) is 12.1 Å². The number of aromatic nitrogens is 3. The lowest BCUT2D eigenvalue weighted by atomic mass is 10.1. The van der Waals surface area contributed by atoms with Gasteiger partial charge in [-0.15, -0.1) is 0 Å². The number of sulfonamides is 1. The van der Waals surface area contributed by atoms with E-state index in [0.717, 1.165) is 46.3 Å². The van der Waals surface area contributed by atoms with Crippen molar-refractivity contribution >= 4 is 38.2 Å². The average Bonchev–Trinajstić information content (AvgIpc) is 3.55. The fourth-order valence-corrected chi connectivity index (χ4v) is 5.29.